The third-order valence-electron chi connectivity index (χ3n) is 2.98. The average molecular weight is 281 g/mol. The van der Waals surface area contributed by atoms with Crippen molar-refractivity contribution >= 4 is 16.7 Å². The van der Waals surface area contributed by atoms with Gasteiger partial charge in [0, 0.05) is 0 Å². The van der Waals surface area contributed by atoms with Crippen molar-refractivity contribution < 1.29 is 9.63 Å². The number of carbonyl (C=O) groups is 1. The van der Waals surface area contributed by atoms with E-state index >= 15 is 0 Å². The van der Waals surface area contributed by atoms with E-state index in [1.807, 2.05) is 44.2 Å². The normalized spacial score (nSPS) is 10.8. The second-order valence-electron chi connectivity index (χ2n) is 4.98. The highest BCUT2D eigenvalue weighted by Gasteiger charge is 2.12. The molecule has 0 saturated carbocycles. The smallest absolute Gasteiger partial charge is 0.195 e. The van der Waals surface area contributed by atoms with E-state index in [4.69, 9.17) is 4.84 Å². The van der Waals surface area contributed by atoms with Gasteiger partial charge in [-0.3, -0.25) is 0 Å². The van der Waals surface area contributed by atoms with Gasteiger partial charge in [-0.25, -0.2) is 0 Å². The Labute approximate surface area is 124 Å². The quantitative estimate of drug-likeness (QED) is 0.391. The maximum absolute atomic E-state index is 11.5. The molecule has 0 aliphatic heterocycles. The van der Waals surface area contributed by atoms with E-state index in [9.17, 15) is 4.79 Å². The fourth-order valence-electron chi connectivity index (χ4n) is 1.98. The van der Waals surface area contributed by atoms with Gasteiger partial charge in [0.2, 0.25) is 0 Å². The molecule has 3 nitrogen and oxygen atoms in total. The first kappa shape index (κ1) is 15.0. The number of carbonyl (C=O) groups excluding carboxylic acids is 1. The monoisotopic (exact) mass is 281 g/mol. The molecular formula is C18H19NO2+. The maximum atomic E-state index is 11.5. The average Bonchev–Trinajstić information content (AvgIpc) is 2.47. The third-order valence-corrected chi connectivity index (χ3v) is 2.98. The van der Waals surface area contributed by atoms with E-state index in [1.165, 1.54) is 11.5 Å². The summed E-state index contributed by atoms with van der Waals surface area (Å²) in [6.45, 7) is 4.41. The lowest BCUT2D eigenvalue weighted by Gasteiger charge is -2.03. The Morgan fingerprint density at radius 2 is 1.90 bits per heavy atom. The molecule has 21 heavy (non-hydrogen) atoms. The minimum absolute atomic E-state index is 0.410. The van der Waals surface area contributed by atoms with Gasteiger partial charge in [-0.2, -0.15) is 4.84 Å². The van der Waals surface area contributed by atoms with E-state index in [2.05, 4.69) is 23.7 Å². The molecule has 107 valence electrons. The summed E-state index contributed by atoms with van der Waals surface area (Å²) >= 11 is 0. The summed E-state index contributed by atoms with van der Waals surface area (Å²) in [5.41, 5.74) is 4.93. The summed E-state index contributed by atoms with van der Waals surface area (Å²) in [6, 6.07) is 14.2. The molecular weight excluding hydrogens is 262 g/mol. The number of hydrogen-bond donors (Lipinski definition) is 1. The van der Waals surface area contributed by atoms with Crippen molar-refractivity contribution in [3.8, 4) is 0 Å². The lowest BCUT2D eigenvalue weighted by Crippen LogP contribution is -2.18. The van der Waals surface area contributed by atoms with Crippen molar-refractivity contribution in [3.05, 3.63) is 71.8 Å². The van der Waals surface area contributed by atoms with Crippen LogP contribution >= 0.6 is 0 Å². The molecule has 0 fully saturated rings. The zero-order chi connectivity index (χ0) is 15.1. The van der Waals surface area contributed by atoms with Crippen LogP contribution in [0.2, 0.25) is 0 Å². The number of nitrogens with one attached hydrogen (secondary N) is 1. The molecule has 0 saturated heterocycles. The summed E-state index contributed by atoms with van der Waals surface area (Å²) in [5.74, 6) is -0.410. The van der Waals surface area contributed by atoms with E-state index < -0.39 is 5.97 Å². The number of rotatable bonds is 5. The summed E-state index contributed by atoms with van der Waals surface area (Å²) in [4.78, 5) is 16.4. The van der Waals surface area contributed by atoms with Crippen molar-refractivity contribution in [2.75, 3.05) is 0 Å². The van der Waals surface area contributed by atoms with Crippen LogP contribution in [0.15, 0.2) is 66.3 Å². The summed E-state index contributed by atoms with van der Waals surface area (Å²) in [5, 5.41) is 2.33. The highest BCUT2D eigenvalue weighted by atomic mass is 16.7. The second-order valence-corrected chi connectivity index (χ2v) is 4.98. The fraction of sp³-hybridized carbons (Fsp3) is 0.167. The van der Waals surface area contributed by atoms with Gasteiger partial charge in [0.1, 0.15) is 0 Å². The fourth-order valence-corrected chi connectivity index (χ4v) is 1.98. The van der Waals surface area contributed by atoms with Gasteiger partial charge in [0.05, 0.1) is 17.4 Å². The molecule has 0 spiro atoms. The number of hydrogen-bond acceptors (Lipinski definition) is 3. The van der Waals surface area contributed by atoms with Crippen LogP contribution in [0, 0.1) is 0 Å². The van der Waals surface area contributed by atoms with Gasteiger partial charge >= 0.3 is 5.97 Å². The summed E-state index contributed by atoms with van der Waals surface area (Å²) < 4.78 is 0. The van der Waals surface area contributed by atoms with Crippen LogP contribution in [0.3, 0.4) is 0 Å². The van der Waals surface area contributed by atoms with Gasteiger partial charge in [-0.1, -0.05) is 54.1 Å². The lowest BCUT2D eigenvalue weighted by atomic mass is 10.1. The first-order valence-corrected chi connectivity index (χ1v) is 6.88. The number of allylic oxidation sites excluding steroid dienone is 3. The molecule has 0 unspecified atom stereocenters. The predicted molar refractivity (Wildman–Crippen MR) is 85.5 cm³/mol. The van der Waals surface area contributed by atoms with Crippen molar-refractivity contribution in [2.45, 2.75) is 20.4 Å². The van der Waals surface area contributed by atoms with E-state index in [0.29, 0.717) is 6.54 Å². The van der Waals surface area contributed by atoms with Crippen molar-refractivity contribution in [3.63, 3.8) is 0 Å². The predicted octanol–water partition coefficient (Wildman–Crippen LogP) is 3.91. The lowest BCUT2D eigenvalue weighted by molar-refractivity contribution is -0.145. The minimum Gasteiger partial charge on any atom is -0.195 e. The Balaban J connectivity index is 1.92. The molecule has 2 aromatic rings. The topological polar surface area (TPSA) is 41.2 Å². The molecule has 0 aliphatic carbocycles. The number of hydroxylamine groups is 1. The molecule has 1 radical (unpaired) electrons. The molecule has 2 aromatic carbocycles. The van der Waals surface area contributed by atoms with Crippen LogP contribution in [0.4, 0.5) is 0 Å². The van der Waals surface area contributed by atoms with Crippen LogP contribution in [-0.4, -0.2) is 5.97 Å². The molecule has 0 heterocycles. The van der Waals surface area contributed by atoms with Crippen molar-refractivity contribution in [1.29, 1.82) is 0 Å². The maximum Gasteiger partial charge on any atom is 0.623 e. The molecule has 0 atom stereocenters. The van der Waals surface area contributed by atoms with Gasteiger partial charge in [0.25, 0.3) is 0 Å². The first-order valence-electron chi connectivity index (χ1n) is 6.88. The largest absolute Gasteiger partial charge is 0.623 e. The Kier molecular flexibility index (Phi) is 5.29. The first-order chi connectivity index (χ1) is 10.2. The van der Waals surface area contributed by atoms with Gasteiger partial charge in [-0.15, -0.1) is 0 Å². The Morgan fingerprint density at radius 1 is 1.14 bits per heavy atom. The minimum atomic E-state index is -0.410. The molecule has 0 bridgehead atoms. The molecule has 1 N–H and O–H groups in total. The van der Waals surface area contributed by atoms with Crippen LogP contribution in [0.5, 0.6) is 0 Å². The third kappa shape index (κ3) is 4.58. The highest BCUT2D eigenvalue weighted by Crippen LogP contribution is 2.18. The molecule has 0 aliphatic rings. The Hall–Kier alpha value is -2.39. The van der Waals surface area contributed by atoms with Crippen molar-refractivity contribution in [1.82, 2.24) is 5.48 Å². The van der Waals surface area contributed by atoms with Crippen LogP contribution < -0.4 is 5.48 Å². The standard InChI is InChI=1S/C18H19NO2/c1-14(2)7-5-12-18(20)21-19-13-16-10-6-9-15-8-3-4-11-17(15)16/h3-12,19H,13H2,1-2H3/q+1/b12-5+. The number of benzene rings is 2. The van der Waals surface area contributed by atoms with Crippen LogP contribution in [-0.2, 0) is 16.2 Å². The SMILES string of the molecule is CC(C)=C/C=C/C(=[O+])ONCc1cccc2ccccc12. The Morgan fingerprint density at radius 3 is 2.71 bits per heavy atom. The molecule has 0 amide bonds. The molecule has 3 heteroatoms. The van der Waals surface area contributed by atoms with Crippen LogP contribution in [0.25, 0.3) is 10.8 Å². The van der Waals surface area contributed by atoms with E-state index in [1.54, 1.807) is 6.08 Å². The highest BCUT2D eigenvalue weighted by molar-refractivity contribution is 5.85. The zero-order valence-corrected chi connectivity index (χ0v) is 12.3. The van der Waals surface area contributed by atoms with E-state index in [-0.39, 0.29) is 0 Å². The van der Waals surface area contributed by atoms with Crippen LogP contribution in [0.1, 0.15) is 19.4 Å². The molecule has 2 rings (SSSR count). The summed E-state index contributed by atoms with van der Waals surface area (Å²) in [6.07, 6.45) is 4.92. The Bertz CT molecular complexity index is 677. The molecule has 0 aromatic heterocycles. The number of fused-ring (bicyclic) bond motifs is 1. The van der Waals surface area contributed by atoms with E-state index in [0.717, 1.165) is 16.5 Å². The second kappa shape index (κ2) is 7.41. The van der Waals surface area contributed by atoms with Gasteiger partial charge < -0.3 is 0 Å². The van der Waals surface area contributed by atoms with Crippen molar-refractivity contribution in [2.24, 2.45) is 0 Å². The van der Waals surface area contributed by atoms with Gasteiger partial charge in [-0.05, 0) is 41.7 Å². The summed E-state index contributed by atoms with van der Waals surface area (Å²) in [7, 11) is 0. The van der Waals surface area contributed by atoms with Gasteiger partial charge in [0.15, 0.2) is 0 Å². The zero-order valence-electron chi connectivity index (χ0n) is 12.3.